The second kappa shape index (κ2) is 6.89. The van der Waals surface area contributed by atoms with Gasteiger partial charge in [0.25, 0.3) is 0 Å². The van der Waals surface area contributed by atoms with E-state index in [0.29, 0.717) is 6.42 Å². The molecule has 1 N–H and O–H groups in total. The Labute approximate surface area is 216 Å². The quantitative estimate of drug-likeness (QED) is 0.560. The van der Waals surface area contributed by atoms with Crippen LogP contribution in [0.2, 0.25) is 0 Å². The third kappa shape index (κ3) is 2.48. The van der Waals surface area contributed by atoms with Crippen molar-refractivity contribution in [2.75, 3.05) is 20.2 Å². The molecule has 6 heteroatoms. The SMILES string of the molecule is COc1cc2c3c(c1)O[C@H]1c4c(c5cc(F)cc6c5n4CCCC6)C[C@@]4(O)[C@@H](C2)N(CC2CC2)CC[C@]314. The molecule has 9 rings (SSSR count). The molecule has 3 aliphatic carbocycles. The maximum Gasteiger partial charge on any atom is 0.151 e. The number of methoxy groups -OCH3 is 1. The van der Waals surface area contributed by atoms with Crippen molar-refractivity contribution in [3.63, 3.8) is 0 Å². The molecule has 2 fully saturated rings. The van der Waals surface area contributed by atoms with Gasteiger partial charge in [0, 0.05) is 42.6 Å². The molecule has 4 atom stereocenters. The van der Waals surface area contributed by atoms with Gasteiger partial charge in [0.05, 0.1) is 29.3 Å². The van der Waals surface area contributed by atoms with Crippen LogP contribution in [0, 0.1) is 11.7 Å². The smallest absolute Gasteiger partial charge is 0.151 e. The fourth-order valence-electron chi connectivity index (χ4n) is 9.18. The summed E-state index contributed by atoms with van der Waals surface area (Å²) in [5.74, 6) is 2.28. The van der Waals surface area contributed by atoms with Crippen LogP contribution in [0.15, 0.2) is 24.3 Å². The summed E-state index contributed by atoms with van der Waals surface area (Å²) in [4.78, 5) is 2.58. The topological polar surface area (TPSA) is 46.9 Å². The summed E-state index contributed by atoms with van der Waals surface area (Å²) >= 11 is 0. The van der Waals surface area contributed by atoms with Gasteiger partial charge in [0.2, 0.25) is 0 Å². The monoisotopic (exact) mass is 500 g/mol. The number of piperidine rings is 1. The highest BCUT2D eigenvalue weighted by Crippen LogP contribution is 2.68. The van der Waals surface area contributed by atoms with Gasteiger partial charge in [-0.25, -0.2) is 4.39 Å². The number of halogens is 1. The number of fused-ring (bicyclic) bond motifs is 4. The van der Waals surface area contributed by atoms with E-state index in [-0.39, 0.29) is 18.0 Å². The van der Waals surface area contributed by atoms with E-state index in [9.17, 15) is 9.50 Å². The molecule has 1 spiro atoms. The summed E-state index contributed by atoms with van der Waals surface area (Å²) in [6.07, 6.45) is 7.60. The van der Waals surface area contributed by atoms with Gasteiger partial charge in [-0.15, -0.1) is 0 Å². The van der Waals surface area contributed by atoms with Gasteiger partial charge in [-0.3, -0.25) is 4.90 Å². The normalized spacial score (nSPS) is 33.1. The first-order valence-corrected chi connectivity index (χ1v) is 14.2. The first-order valence-electron chi connectivity index (χ1n) is 14.2. The number of benzene rings is 2. The molecule has 1 saturated heterocycles. The minimum absolute atomic E-state index is 0.0194. The number of aliphatic hydroxyl groups is 1. The van der Waals surface area contributed by atoms with Crippen LogP contribution < -0.4 is 9.47 Å². The first kappa shape index (κ1) is 21.4. The molecule has 0 amide bonds. The van der Waals surface area contributed by atoms with Crippen LogP contribution in [0.1, 0.15) is 66.2 Å². The lowest BCUT2D eigenvalue weighted by molar-refractivity contribution is -0.173. The molecule has 37 heavy (non-hydrogen) atoms. The van der Waals surface area contributed by atoms with Crippen LogP contribution in [0.25, 0.3) is 10.9 Å². The average Bonchev–Trinajstić information content (AvgIpc) is 3.60. The van der Waals surface area contributed by atoms with Gasteiger partial charge in [-0.2, -0.15) is 0 Å². The van der Waals surface area contributed by atoms with E-state index in [2.05, 4.69) is 15.5 Å². The van der Waals surface area contributed by atoms with Crippen molar-refractivity contribution in [2.45, 2.75) is 81.1 Å². The minimum Gasteiger partial charge on any atom is -0.497 e. The van der Waals surface area contributed by atoms with Crippen molar-refractivity contribution in [2.24, 2.45) is 5.92 Å². The molecule has 1 saturated carbocycles. The summed E-state index contributed by atoms with van der Waals surface area (Å²) in [6, 6.07) is 7.69. The summed E-state index contributed by atoms with van der Waals surface area (Å²) < 4.78 is 30.1. The predicted octanol–water partition coefficient (Wildman–Crippen LogP) is 4.82. The maximum absolute atomic E-state index is 15.0. The van der Waals surface area contributed by atoms with Crippen LogP contribution in [0.5, 0.6) is 11.5 Å². The molecule has 1 aromatic heterocycles. The Morgan fingerprint density at radius 1 is 1.14 bits per heavy atom. The van der Waals surface area contributed by atoms with E-state index < -0.39 is 11.0 Å². The van der Waals surface area contributed by atoms with E-state index in [4.69, 9.17) is 9.47 Å². The van der Waals surface area contributed by atoms with Crippen LogP contribution in [-0.2, 0) is 31.2 Å². The Balaban J connectivity index is 1.35. The Hall–Kier alpha value is -2.57. The number of aryl methyl sites for hydroxylation is 2. The molecule has 2 bridgehead atoms. The lowest BCUT2D eigenvalue weighted by Gasteiger charge is -2.63. The summed E-state index contributed by atoms with van der Waals surface area (Å²) in [7, 11) is 1.72. The third-order valence-electron chi connectivity index (χ3n) is 10.8. The molecule has 0 unspecified atom stereocenters. The number of likely N-dealkylation sites (tertiary alicyclic amines) is 1. The molecule has 3 aliphatic heterocycles. The lowest BCUT2D eigenvalue weighted by Crippen LogP contribution is -2.74. The van der Waals surface area contributed by atoms with Crippen molar-refractivity contribution < 1.29 is 19.0 Å². The third-order valence-corrected chi connectivity index (χ3v) is 10.8. The number of hydrogen-bond donors (Lipinski definition) is 1. The van der Waals surface area contributed by atoms with Gasteiger partial charge < -0.3 is 19.1 Å². The van der Waals surface area contributed by atoms with E-state index in [1.54, 1.807) is 19.2 Å². The summed E-state index contributed by atoms with van der Waals surface area (Å²) in [5, 5.41) is 14.1. The van der Waals surface area contributed by atoms with E-state index >= 15 is 0 Å². The first-order chi connectivity index (χ1) is 18.0. The number of rotatable bonds is 3. The maximum atomic E-state index is 15.0. The van der Waals surface area contributed by atoms with Crippen LogP contribution >= 0.6 is 0 Å². The van der Waals surface area contributed by atoms with Gasteiger partial charge >= 0.3 is 0 Å². The molecule has 5 nitrogen and oxygen atoms in total. The fraction of sp³-hybridized carbons (Fsp3) is 0.548. The number of ether oxygens (including phenoxy) is 2. The Bertz CT molecular complexity index is 1510. The highest BCUT2D eigenvalue weighted by molar-refractivity contribution is 5.90. The van der Waals surface area contributed by atoms with Crippen molar-refractivity contribution in [1.29, 1.82) is 0 Å². The molecule has 4 heterocycles. The van der Waals surface area contributed by atoms with Crippen molar-refractivity contribution >= 4 is 10.9 Å². The standard InChI is InChI=1S/C31H33FN2O3/c1-36-21-11-19-12-25-31(35)15-23-22-13-20(32)10-18-4-2-3-8-34(27(18)22)28(23)29-30(31,26(19)24(14-21)37-29)7-9-33(25)16-17-5-6-17/h10-11,13-14,17,25,29,35H,2-9,12,15-16H2,1H3/t25-,29+,30+,31-/m1/s1. The second-order valence-corrected chi connectivity index (χ2v) is 12.6. The van der Waals surface area contributed by atoms with Crippen molar-refractivity contribution in [3.05, 3.63) is 58.0 Å². The number of nitrogens with zero attached hydrogens (tertiary/aromatic N) is 2. The minimum atomic E-state index is -0.958. The van der Waals surface area contributed by atoms with Crippen molar-refractivity contribution in [3.8, 4) is 11.5 Å². The molecular formula is C31H33FN2O3. The van der Waals surface area contributed by atoms with Gasteiger partial charge in [0.1, 0.15) is 17.3 Å². The van der Waals surface area contributed by atoms with E-state index in [0.717, 1.165) is 85.7 Å². The summed E-state index contributed by atoms with van der Waals surface area (Å²) in [6.45, 7) is 2.97. The van der Waals surface area contributed by atoms with Crippen molar-refractivity contribution in [1.82, 2.24) is 9.47 Å². The number of aromatic nitrogens is 1. The zero-order chi connectivity index (χ0) is 24.7. The molecular weight excluding hydrogens is 467 g/mol. The predicted molar refractivity (Wildman–Crippen MR) is 138 cm³/mol. The largest absolute Gasteiger partial charge is 0.497 e. The lowest BCUT2D eigenvalue weighted by atomic mass is 9.49. The molecule has 6 aliphatic rings. The highest BCUT2D eigenvalue weighted by atomic mass is 19.1. The fourth-order valence-corrected chi connectivity index (χ4v) is 9.18. The zero-order valence-corrected chi connectivity index (χ0v) is 21.4. The van der Waals surface area contributed by atoms with E-state index in [1.807, 2.05) is 6.07 Å². The molecule has 192 valence electrons. The number of hydrogen-bond acceptors (Lipinski definition) is 4. The molecule has 3 aromatic rings. The second-order valence-electron chi connectivity index (χ2n) is 12.6. The van der Waals surface area contributed by atoms with Crippen LogP contribution in [-0.4, -0.2) is 46.4 Å². The van der Waals surface area contributed by atoms with Gasteiger partial charge in [-0.1, -0.05) is 0 Å². The van der Waals surface area contributed by atoms with E-state index in [1.165, 1.54) is 35.2 Å². The van der Waals surface area contributed by atoms with Gasteiger partial charge in [0.15, 0.2) is 6.10 Å². The Morgan fingerprint density at radius 3 is 2.86 bits per heavy atom. The molecule has 2 aromatic carbocycles. The summed E-state index contributed by atoms with van der Waals surface area (Å²) in [5.41, 5.74) is 5.61. The average molecular weight is 501 g/mol. The zero-order valence-electron chi connectivity index (χ0n) is 21.4. The molecule has 0 radical (unpaired) electrons. The Kier molecular flexibility index (Phi) is 3.98. The highest BCUT2D eigenvalue weighted by Gasteiger charge is 2.73. The van der Waals surface area contributed by atoms with Crippen LogP contribution in [0.4, 0.5) is 4.39 Å². The van der Waals surface area contributed by atoms with Gasteiger partial charge in [-0.05, 0) is 92.3 Å². The van der Waals surface area contributed by atoms with Crippen LogP contribution in [0.3, 0.4) is 0 Å². The Morgan fingerprint density at radius 2 is 2.03 bits per heavy atom.